The third-order valence-corrected chi connectivity index (χ3v) is 2.36. The van der Waals surface area contributed by atoms with Crippen LogP contribution < -0.4 is 0 Å². The van der Waals surface area contributed by atoms with E-state index in [0.717, 1.165) is 0 Å². The van der Waals surface area contributed by atoms with Crippen LogP contribution in [0.1, 0.15) is 20.8 Å². The fourth-order valence-corrected chi connectivity index (χ4v) is 0.994. The Morgan fingerprint density at radius 1 is 0.938 bits per heavy atom. The molecule has 0 spiro atoms. The number of carbonyl (C=O) groups excluding carboxylic acids is 1. The normalized spacial score (nSPS) is 9.88. The lowest BCUT2D eigenvalue weighted by Gasteiger charge is -2.10. The number of hydrogen-bond acceptors (Lipinski definition) is 1. The second kappa shape index (κ2) is 5.60. The third kappa shape index (κ3) is 7.92. The Hall–Kier alpha value is -1.43. The highest BCUT2D eigenvalue weighted by Gasteiger charge is 2.18. The van der Waals surface area contributed by atoms with Crippen molar-refractivity contribution in [2.24, 2.45) is 5.41 Å². The van der Waals surface area contributed by atoms with Crippen LogP contribution in [0.25, 0.3) is 0 Å². The molecule has 0 N–H and O–H groups in total. The van der Waals surface area contributed by atoms with Crippen molar-refractivity contribution in [1.82, 2.24) is 0 Å². The first kappa shape index (κ1) is 14.6. The second-order valence-corrected chi connectivity index (χ2v) is 10.3. The molecule has 0 saturated heterocycles. The average molecular weight is 230 g/mol. The van der Waals surface area contributed by atoms with E-state index < -0.39 is 13.5 Å². The summed E-state index contributed by atoms with van der Waals surface area (Å²) in [5, 5.41) is 0. The molecular formula is C14H18OSi. The fraction of sp³-hybridized carbons (Fsp3) is 0.500. The van der Waals surface area contributed by atoms with E-state index in [0.29, 0.717) is 0 Å². The first-order valence-electron chi connectivity index (χ1n) is 5.20. The molecule has 0 aromatic rings. The van der Waals surface area contributed by atoms with Crippen LogP contribution in [0.2, 0.25) is 19.6 Å². The van der Waals surface area contributed by atoms with Crippen molar-refractivity contribution in [2.75, 3.05) is 0 Å². The topological polar surface area (TPSA) is 17.1 Å². The Morgan fingerprint density at radius 3 is 1.88 bits per heavy atom. The maximum Gasteiger partial charge on any atom is 0.211 e. The van der Waals surface area contributed by atoms with Crippen molar-refractivity contribution < 1.29 is 4.79 Å². The highest BCUT2D eigenvalue weighted by atomic mass is 28.3. The molecule has 0 rings (SSSR count). The Bertz CT molecular complexity index is 439. The van der Waals surface area contributed by atoms with Crippen LogP contribution in [-0.2, 0) is 4.79 Å². The van der Waals surface area contributed by atoms with Crippen LogP contribution in [0.5, 0.6) is 0 Å². The Kier molecular flexibility index (Phi) is 5.09. The van der Waals surface area contributed by atoms with Crippen LogP contribution in [0, 0.1) is 40.6 Å². The Labute approximate surface area is 100 Å². The number of rotatable bonds is 0. The maximum atomic E-state index is 11.4. The molecule has 16 heavy (non-hydrogen) atoms. The van der Waals surface area contributed by atoms with E-state index >= 15 is 0 Å². The van der Waals surface area contributed by atoms with Gasteiger partial charge in [-0.3, -0.25) is 4.79 Å². The first-order valence-corrected chi connectivity index (χ1v) is 8.70. The molecule has 0 aromatic carbocycles. The molecule has 1 nitrogen and oxygen atoms in total. The van der Waals surface area contributed by atoms with E-state index in [1.165, 1.54) is 0 Å². The van der Waals surface area contributed by atoms with E-state index in [1.807, 2.05) is 20.8 Å². The van der Waals surface area contributed by atoms with E-state index in [9.17, 15) is 4.79 Å². The molecule has 0 amide bonds. The summed E-state index contributed by atoms with van der Waals surface area (Å²) in [6.07, 6.45) is 0. The zero-order chi connectivity index (χ0) is 12.8. The van der Waals surface area contributed by atoms with E-state index in [1.54, 1.807) is 0 Å². The lowest BCUT2D eigenvalue weighted by molar-refractivity contribution is -0.120. The molecule has 0 atom stereocenters. The molecule has 0 heterocycles. The largest absolute Gasteiger partial charge is 0.284 e. The van der Waals surface area contributed by atoms with Gasteiger partial charge in [-0.15, -0.1) is 5.54 Å². The van der Waals surface area contributed by atoms with Gasteiger partial charge in [0.05, 0.1) is 0 Å². The number of carbonyl (C=O) groups is 1. The Balaban J connectivity index is 4.49. The molecule has 0 saturated carbocycles. The van der Waals surface area contributed by atoms with Crippen molar-refractivity contribution in [2.45, 2.75) is 40.4 Å². The molecule has 84 valence electrons. The molecule has 0 bridgehead atoms. The average Bonchev–Trinajstić information content (AvgIpc) is 2.07. The number of hydrogen-bond donors (Lipinski definition) is 0. The monoisotopic (exact) mass is 230 g/mol. The van der Waals surface area contributed by atoms with Gasteiger partial charge < -0.3 is 0 Å². The summed E-state index contributed by atoms with van der Waals surface area (Å²) in [5.41, 5.74) is 2.68. The third-order valence-electron chi connectivity index (χ3n) is 1.48. The summed E-state index contributed by atoms with van der Waals surface area (Å²) < 4.78 is 0. The van der Waals surface area contributed by atoms with Crippen molar-refractivity contribution in [3.05, 3.63) is 0 Å². The van der Waals surface area contributed by atoms with Gasteiger partial charge in [0.1, 0.15) is 8.07 Å². The highest BCUT2D eigenvalue weighted by molar-refractivity contribution is 6.83. The summed E-state index contributed by atoms with van der Waals surface area (Å²) >= 11 is 0. The molecule has 0 aliphatic carbocycles. The van der Waals surface area contributed by atoms with E-state index in [-0.39, 0.29) is 5.78 Å². The van der Waals surface area contributed by atoms with Crippen molar-refractivity contribution in [1.29, 1.82) is 0 Å². The van der Waals surface area contributed by atoms with Gasteiger partial charge in [-0.2, -0.15) is 0 Å². The molecule has 0 aromatic heterocycles. The SMILES string of the molecule is CC(C)(C)C(=O)C#CC#CC#C[Si](C)(C)C. The summed E-state index contributed by atoms with van der Waals surface area (Å²) in [6.45, 7) is 12.0. The van der Waals surface area contributed by atoms with E-state index in [2.05, 4.69) is 54.8 Å². The number of Topliss-reactive ketones (excluding diaryl/α,β-unsaturated/α-hetero) is 1. The summed E-state index contributed by atoms with van der Waals surface area (Å²) in [7, 11) is -1.35. The van der Waals surface area contributed by atoms with Crippen molar-refractivity contribution in [3.8, 4) is 35.1 Å². The predicted octanol–water partition coefficient (Wildman–Crippen LogP) is 2.49. The second-order valence-electron chi connectivity index (χ2n) is 5.58. The lowest BCUT2D eigenvalue weighted by atomic mass is 9.91. The molecular weight excluding hydrogens is 212 g/mol. The highest BCUT2D eigenvalue weighted by Crippen LogP contribution is 2.12. The molecule has 0 unspecified atom stereocenters. The van der Waals surface area contributed by atoms with Gasteiger partial charge in [0.25, 0.3) is 0 Å². The zero-order valence-corrected chi connectivity index (χ0v) is 11.9. The lowest BCUT2D eigenvalue weighted by Crippen LogP contribution is -2.17. The smallest absolute Gasteiger partial charge is 0.211 e. The van der Waals surface area contributed by atoms with Gasteiger partial charge >= 0.3 is 0 Å². The summed E-state index contributed by atoms with van der Waals surface area (Å²) in [4.78, 5) is 11.4. The van der Waals surface area contributed by atoms with Gasteiger partial charge in [-0.25, -0.2) is 0 Å². The molecule has 0 aliphatic heterocycles. The van der Waals surface area contributed by atoms with E-state index in [4.69, 9.17) is 0 Å². The number of ketones is 1. The minimum atomic E-state index is -1.35. The standard InChI is InChI=1S/C14H18OSi/c1-14(2,3)13(15)11-9-7-8-10-12-16(4,5)6/h1-6H3. The first-order chi connectivity index (χ1) is 7.13. The fourth-order valence-electron chi connectivity index (χ4n) is 0.557. The van der Waals surface area contributed by atoms with Gasteiger partial charge in [0.2, 0.25) is 5.78 Å². The van der Waals surface area contributed by atoms with Gasteiger partial charge in [-0.05, 0) is 29.6 Å². The maximum absolute atomic E-state index is 11.4. The quantitative estimate of drug-likeness (QED) is 0.355. The van der Waals surface area contributed by atoms with Crippen LogP contribution in [0.4, 0.5) is 0 Å². The van der Waals surface area contributed by atoms with Crippen molar-refractivity contribution >= 4 is 13.9 Å². The van der Waals surface area contributed by atoms with Crippen LogP contribution in [-0.4, -0.2) is 13.9 Å². The van der Waals surface area contributed by atoms with Gasteiger partial charge in [0.15, 0.2) is 0 Å². The minimum Gasteiger partial charge on any atom is -0.284 e. The summed E-state index contributed by atoms with van der Waals surface area (Å²) in [5.74, 6) is 12.9. The van der Waals surface area contributed by atoms with Gasteiger partial charge in [0, 0.05) is 5.41 Å². The van der Waals surface area contributed by atoms with Gasteiger partial charge in [-0.1, -0.05) is 40.4 Å². The molecule has 0 radical (unpaired) electrons. The minimum absolute atomic E-state index is 0.0973. The molecule has 2 heteroatoms. The molecule has 0 fully saturated rings. The van der Waals surface area contributed by atoms with Crippen LogP contribution >= 0.6 is 0 Å². The summed E-state index contributed by atoms with van der Waals surface area (Å²) in [6, 6.07) is 0. The zero-order valence-electron chi connectivity index (χ0n) is 10.9. The molecule has 0 aliphatic rings. The van der Waals surface area contributed by atoms with Crippen LogP contribution in [0.15, 0.2) is 0 Å². The predicted molar refractivity (Wildman–Crippen MR) is 71.1 cm³/mol. The Morgan fingerprint density at radius 2 is 1.44 bits per heavy atom. The van der Waals surface area contributed by atoms with Crippen LogP contribution in [0.3, 0.4) is 0 Å². The van der Waals surface area contributed by atoms with Crippen molar-refractivity contribution in [3.63, 3.8) is 0 Å².